The van der Waals surface area contributed by atoms with Crippen molar-refractivity contribution in [3.05, 3.63) is 65.2 Å². The maximum absolute atomic E-state index is 12.1. The van der Waals surface area contributed by atoms with E-state index in [9.17, 15) is 4.79 Å². The lowest BCUT2D eigenvalue weighted by Gasteiger charge is -2.14. The molecule has 1 amide bonds. The van der Waals surface area contributed by atoms with Gasteiger partial charge >= 0.3 is 0 Å². The Morgan fingerprint density at radius 3 is 2.08 bits per heavy atom. The second kappa shape index (κ2) is 9.30. The lowest BCUT2D eigenvalue weighted by molar-refractivity contribution is 0.0951. The first kappa shape index (κ1) is 20.0. The average molecular weight is 349 g/mol. The van der Waals surface area contributed by atoms with Gasteiger partial charge < -0.3 is 15.8 Å². The summed E-state index contributed by atoms with van der Waals surface area (Å²) >= 11 is 0. The van der Waals surface area contributed by atoms with Crippen LogP contribution in [0, 0.1) is 0 Å². The van der Waals surface area contributed by atoms with Crippen LogP contribution in [0.1, 0.15) is 47.3 Å². The molecular formula is C19H25ClN2O2. The van der Waals surface area contributed by atoms with Gasteiger partial charge in [-0.1, -0.05) is 38.1 Å². The molecule has 4 nitrogen and oxygen atoms in total. The van der Waals surface area contributed by atoms with Gasteiger partial charge in [0.2, 0.25) is 0 Å². The van der Waals surface area contributed by atoms with Crippen LogP contribution < -0.4 is 15.8 Å². The van der Waals surface area contributed by atoms with Crippen LogP contribution >= 0.6 is 12.4 Å². The summed E-state index contributed by atoms with van der Waals surface area (Å²) in [6.07, 6.45) is 0. The van der Waals surface area contributed by atoms with E-state index in [4.69, 9.17) is 10.5 Å². The Kier molecular flexibility index (Phi) is 7.75. The number of carbonyl (C=O) groups is 1. The van der Waals surface area contributed by atoms with Gasteiger partial charge in [-0.15, -0.1) is 12.4 Å². The maximum Gasteiger partial charge on any atom is 0.251 e. The predicted octanol–water partition coefficient (Wildman–Crippen LogP) is 3.67. The summed E-state index contributed by atoms with van der Waals surface area (Å²) in [4.78, 5) is 12.1. The highest BCUT2D eigenvalue weighted by Gasteiger charge is 2.10. The van der Waals surface area contributed by atoms with E-state index in [1.54, 1.807) is 31.4 Å². The maximum atomic E-state index is 12.1. The highest BCUT2D eigenvalue weighted by Crippen LogP contribution is 2.17. The van der Waals surface area contributed by atoms with E-state index < -0.39 is 0 Å². The summed E-state index contributed by atoms with van der Waals surface area (Å²) < 4.78 is 5.08. The Labute approximate surface area is 149 Å². The van der Waals surface area contributed by atoms with Crippen molar-refractivity contribution in [1.82, 2.24) is 5.32 Å². The van der Waals surface area contributed by atoms with E-state index in [1.165, 1.54) is 5.56 Å². The molecule has 2 rings (SSSR count). The Hall–Kier alpha value is -2.04. The average Bonchev–Trinajstić information content (AvgIpc) is 2.59. The number of halogens is 1. The second-order valence-corrected chi connectivity index (χ2v) is 5.87. The van der Waals surface area contributed by atoms with Crippen molar-refractivity contribution in [2.45, 2.75) is 25.8 Å². The molecule has 1 atom stereocenters. The first-order valence-electron chi connectivity index (χ1n) is 7.79. The van der Waals surface area contributed by atoms with Crippen molar-refractivity contribution in [1.29, 1.82) is 0 Å². The Morgan fingerprint density at radius 2 is 1.58 bits per heavy atom. The third kappa shape index (κ3) is 5.25. The van der Waals surface area contributed by atoms with Gasteiger partial charge in [0.1, 0.15) is 5.75 Å². The van der Waals surface area contributed by atoms with Gasteiger partial charge in [0.25, 0.3) is 5.91 Å². The predicted molar refractivity (Wildman–Crippen MR) is 100 cm³/mol. The molecule has 0 aromatic heterocycles. The third-order valence-electron chi connectivity index (χ3n) is 3.87. The monoisotopic (exact) mass is 348 g/mol. The number of rotatable bonds is 6. The van der Waals surface area contributed by atoms with E-state index in [2.05, 4.69) is 31.3 Å². The van der Waals surface area contributed by atoms with Gasteiger partial charge in [0.05, 0.1) is 7.11 Å². The molecule has 0 bridgehead atoms. The van der Waals surface area contributed by atoms with Crippen LogP contribution in [0.5, 0.6) is 5.75 Å². The van der Waals surface area contributed by atoms with Gasteiger partial charge in [0, 0.05) is 18.2 Å². The zero-order valence-electron chi connectivity index (χ0n) is 14.3. The van der Waals surface area contributed by atoms with E-state index in [0.29, 0.717) is 18.0 Å². The molecule has 3 N–H and O–H groups in total. The van der Waals surface area contributed by atoms with Gasteiger partial charge in [-0.3, -0.25) is 4.79 Å². The van der Waals surface area contributed by atoms with Gasteiger partial charge in [-0.05, 0) is 41.3 Å². The number of benzene rings is 2. The molecule has 2 aromatic rings. The number of carbonyl (C=O) groups excluding carboxylic acids is 1. The molecule has 24 heavy (non-hydrogen) atoms. The lowest BCUT2D eigenvalue weighted by atomic mass is 9.99. The Balaban J connectivity index is 0.00000288. The van der Waals surface area contributed by atoms with Crippen LogP contribution in [-0.4, -0.2) is 19.6 Å². The SMILES string of the molecule is COc1ccc(C(=O)NCC(N)c2ccc(C(C)C)cc2)cc1.Cl. The fraction of sp³-hybridized carbons (Fsp3) is 0.316. The van der Waals surface area contributed by atoms with E-state index >= 15 is 0 Å². The minimum Gasteiger partial charge on any atom is -0.497 e. The minimum absolute atomic E-state index is 0. The topological polar surface area (TPSA) is 64.3 Å². The summed E-state index contributed by atoms with van der Waals surface area (Å²) in [5.74, 6) is 1.08. The van der Waals surface area contributed by atoms with Gasteiger partial charge in [0.15, 0.2) is 0 Å². The molecule has 0 aliphatic carbocycles. The first-order valence-corrected chi connectivity index (χ1v) is 7.79. The molecule has 0 saturated heterocycles. The minimum atomic E-state index is -0.224. The standard InChI is InChI=1S/C19H24N2O2.ClH/c1-13(2)14-4-6-15(7-5-14)18(20)12-21-19(22)16-8-10-17(23-3)11-9-16;/h4-11,13,18H,12,20H2,1-3H3,(H,21,22);1H. The van der Waals surface area contributed by atoms with Crippen molar-refractivity contribution in [3.63, 3.8) is 0 Å². The molecule has 130 valence electrons. The summed E-state index contributed by atoms with van der Waals surface area (Å²) in [6.45, 7) is 4.71. The highest BCUT2D eigenvalue weighted by molar-refractivity contribution is 5.94. The second-order valence-electron chi connectivity index (χ2n) is 5.87. The number of nitrogens with two attached hydrogens (primary N) is 1. The van der Waals surface area contributed by atoms with E-state index in [0.717, 1.165) is 11.3 Å². The summed E-state index contributed by atoms with van der Waals surface area (Å²) in [5, 5.41) is 2.87. The van der Waals surface area contributed by atoms with Crippen LogP contribution in [0.25, 0.3) is 0 Å². The molecule has 5 heteroatoms. The van der Waals surface area contributed by atoms with Crippen LogP contribution in [0.15, 0.2) is 48.5 Å². The van der Waals surface area contributed by atoms with Crippen LogP contribution in [-0.2, 0) is 0 Å². The summed E-state index contributed by atoms with van der Waals surface area (Å²) in [5.41, 5.74) is 9.05. The molecule has 0 fully saturated rings. The number of nitrogens with one attached hydrogen (secondary N) is 1. The number of hydrogen-bond acceptors (Lipinski definition) is 3. The Bertz CT molecular complexity index is 639. The van der Waals surface area contributed by atoms with Crippen LogP contribution in [0.2, 0.25) is 0 Å². The third-order valence-corrected chi connectivity index (χ3v) is 3.87. The van der Waals surface area contributed by atoms with Gasteiger partial charge in [-0.2, -0.15) is 0 Å². The smallest absolute Gasteiger partial charge is 0.251 e. The lowest BCUT2D eigenvalue weighted by Crippen LogP contribution is -2.31. The van der Waals surface area contributed by atoms with Crippen molar-refractivity contribution < 1.29 is 9.53 Å². The molecule has 0 aliphatic rings. The van der Waals surface area contributed by atoms with Crippen LogP contribution in [0.4, 0.5) is 0 Å². The number of hydrogen-bond donors (Lipinski definition) is 2. The molecular weight excluding hydrogens is 324 g/mol. The zero-order valence-corrected chi connectivity index (χ0v) is 15.1. The largest absolute Gasteiger partial charge is 0.497 e. The number of ether oxygens (including phenoxy) is 1. The first-order chi connectivity index (χ1) is 11.0. The quantitative estimate of drug-likeness (QED) is 0.837. The summed E-state index contributed by atoms with van der Waals surface area (Å²) in [6, 6.07) is 15.0. The molecule has 0 heterocycles. The molecule has 0 aliphatic heterocycles. The normalized spacial score (nSPS) is 11.5. The number of amides is 1. The van der Waals surface area contributed by atoms with Crippen molar-refractivity contribution >= 4 is 18.3 Å². The molecule has 1 unspecified atom stereocenters. The molecule has 0 radical (unpaired) electrons. The molecule has 2 aromatic carbocycles. The van der Waals surface area contributed by atoms with Crippen molar-refractivity contribution in [3.8, 4) is 5.75 Å². The van der Waals surface area contributed by atoms with Crippen LogP contribution in [0.3, 0.4) is 0 Å². The van der Waals surface area contributed by atoms with Crippen molar-refractivity contribution in [2.24, 2.45) is 5.73 Å². The zero-order chi connectivity index (χ0) is 16.8. The summed E-state index contributed by atoms with van der Waals surface area (Å²) in [7, 11) is 1.60. The fourth-order valence-electron chi connectivity index (χ4n) is 2.29. The van der Waals surface area contributed by atoms with E-state index in [1.807, 2.05) is 12.1 Å². The number of methoxy groups -OCH3 is 1. The van der Waals surface area contributed by atoms with E-state index in [-0.39, 0.29) is 24.4 Å². The van der Waals surface area contributed by atoms with Gasteiger partial charge in [-0.25, -0.2) is 0 Å². The van der Waals surface area contributed by atoms with Crippen molar-refractivity contribution in [2.75, 3.05) is 13.7 Å². The Morgan fingerprint density at radius 1 is 1.04 bits per heavy atom. The highest BCUT2D eigenvalue weighted by atomic mass is 35.5. The molecule has 0 saturated carbocycles. The molecule has 0 spiro atoms. The fourth-order valence-corrected chi connectivity index (χ4v) is 2.29.